The minimum Gasteiger partial charge on any atom is -0.383 e. The van der Waals surface area contributed by atoms with Crippen LogP contribution in [0.15, 0.2) is 10.7 Å². The van der Waals surface area contributed by atoms with Crippen molar-refractivity contribution in [2.75, 3.05) is 13.1 Å². The summed E-state index contributed by atoms with van der Waals surface area (Å²) in [4.78, 5) is 0. The van der Waals surface area contributed by atoms with Gasteiger partial charge in [-0.3, -0.25) is 4.68 Å². The van der Waals surface area contributed by atoms with Crippen molar-refractivity contribution in [3.8, 4) is 0 Å². The van der Waals surface area contributed by atoms with Gasteiger partial charge < -0.3 is 10.4 Å². The van der Waals surface area contributed by atoms with Gasteiger partial charge in [0.05, 0.1) is 16.4 Å². The molecule has 1 aliphatic heterocycles. The van der Waals surface area contributed by atoms with Crippen LogP contribution in [0.3, 0.4) is 0 Å². The summed E-state index contributed by atoms with van der Waals surface area (Å²) in [6.07, 6.45) is 4.27. The van der Waals surface area contributed by atoms with Gasteiger partial charge in [0.15, 0.2) is 0 Å². The second-order valence-electron chi connectivity index (χ2n) is 4.10. The van der Waals surface area contributed by atoms with Crippen LogP contribution in [0, 0.1) is 0 Å². The number of rotatable bonds is 1. The predicted octanol–water partition coefficient (Wildman–Crippen LogP) is 1.14. The maximum absolute atomic E-state index is 10.6. The van der Waals surface area contributed by atoms with Crippen molar-refractivity contribution in [1.82, 2.24) is 15.1 Å². The van der Waals surface area contributed by atoms with Crippen molar-refractivity contribution in [3.63, 3.8) is 0 Å². The smallest absolute Gasteiger partial charge is 0.109 e. The molecular formula is C10H16BrN3O. The monoisotopic (exact) mass is 273 g/mol. The van der Waals surface area contributed by atoms with Gasteiger partial charge >= 0.3 is 0 Å². The highest BCUT2D eigenvalue weighted by molar-refractivity contribution is 9.10. The van der Waals surface area contributed by atoms with Crippen LogP contribution in [0.1, 0.15) is 25.0 Å². The highest BCUT2D eigenvalue weighted by Crippen LogP contribution is 2.35. The predicted molar refractivity (Wildman–Crippen MR) is 61.5 cm³/mol. The number of nitrogens with one attached hydrogen (secondary N) is 1. The van der Waals surface area contributed by atoms with E-state index in [1.54, 1.807) is 10.9 Å². The van der Waals surface area contributed by atoms with Crippen molar-refractivity contribution >= 4 is 15.9 Å². The zero-order chi connectivity index (χ0) is 10.9. The van der Waals surface area contributed by atoms with E-state index in [-0.39, 0.29) is 0 Å². The molecule has 0 aromatic carbocycles. The zero-order valence-electron chi connectivity index (χ0n) is 8.83. The van der Waals surface area contributed by atoms with Crippen molar-refractivity contribution in [1.29, 1.82) is 0 Å². The largest absolute Gasteiger partial charge is 0.383 e. The van der Waals surface area contributed by atoms with Gasteiger partial charge in [-0.25, -0.2) is 0 Å². The maximum atomic E-state index is 10.6. The Balaban J connectivity index is 2.34. The molecule has 1 aromatic heterocycles. The summed E-state index contributed by atoms with van der Waals surface area (Å²) in [7, 11) is 1.87. The van der Waals surface area contributed by atoms with Gasteiger partial charge in [0, 0.05) is 7.05 Å². The first-order valence-corrected chi connectivity index (χ1v) is 6.04. The fourth-order valence-corrected chi connectivity index (χ4v) is 2.94. The lowest BCUT2D eigenvalue weighted by Crippen LogP contribution is -2.30. The molecule has 1 unspecified atom stereocenters. The molecule has 0 amide bonds. The summed E-state index contributed by atoms with van der Waals surface area (Å²) in [5.74, 6) is 0. The lowest BCUT2D eigenvalue weighted by atomic mass is 9.91. The number of hydrogen-bond donors (Lipinski definition) is 2. The van der Waals surface area contributed by atoms with E-state index >= 15 is 0 Å². The first kappa shape index (κ1) is 11.1. The molecule has 1 fully saturated rings. The molecule has 2 N–H and O–H groups in total. The van der Waals surface area contributed by atoms with E-state index in [1.807, 2.05) is 7.05 Å². The van der Waals surface area contributed by atoms with E-state index in [0.717, 1.165) is 42.5 Å². The number of halogens is 1. The molecule has 84 valence electrons. The fraction of sp³-hybridized carbons (Fsp3) is 0.700. The molecule has 1 atom stereocenters. The minimum absolute atomic E-state index is 0.741. The van der Waals surface area contributed by atoms with Crippen molar-refractivity contribution in [2.45, 2.75) is 24.9 Å². The van der Waals surface area contributed by atoms with Crippen molar-refractivity contribution in [2.24, 2.45) is 7.05 Å². The summed E-state index contributed by atoms with van der Waals surface area (Å²) in [6.45, 7) is 1.84. The third kappa shape index (κ3) is 2.09. The highest BCUT2D eigenvalue weighted by atomic mass is 79.9. The molecule has 2 heterocycles. The van der Waals surface area contributed by atoms with Crippen LogP contribution in [0.4, 0.5) is 0 Å². The Kier molecular flexibility index (Phi) is 3.13. The molecule has 0 bridgehead atoms. The number of nitrogens with zero attached hydrogens (tertiary/aromatic N) is 2. The van der Waals surface area contributed by atoms with Gasteiger partial charge in [-0.2, -0.15) is 5.10 Å². The topological polar surface area (TPSA) is 50.1 Å². The van der Waals surface area contributed by atoms with Crippen LogP contribution < -0.4 is 5.32 Å². The lowest BCUT2D eigenvalue weighted by molar-refractivity contribution is 0.0153. The molecule has 4 nitrogen and oxygen atoms in total. The van der Waals surface area contributed by atoms with Crippen LogP contribution in [-0.2, 0) is 12.6 Å². The van der Waals surface area contributed by atoms with E-state index < -0.39 is 5.60 Å². The molecular weight excluding hydrogens is 258 g/mol. The third-order valence-corrected chi connectivity index (χ3v) is 3.57. The summed E-state index contributed by atoms with van der Waals surface area (Å²) < 4.78 is 2.66. The molecule has 0 spiro atoms. The SMILES string of the molecule is Cn1ncc(Br)c1C1(O)CCCNCC1. The third-order valence-electron chi connectivity index (χ3n) is 2.99. The van der Waals surface area contributed by atoms with Gasteiger partial charge in [-0.05, 0) is 48.3 Å². The van der Waals surface area contributed by atoms with Crippen LogP contribution >= 0.6 is 15.9 Å². The summed E-state index contributed by atoms with van der Waals surface area (Å²) in [5.41, 5.74) is 0.152. The molecule has 0 saturated carbocycles. The summed E-state index contributed by atoms with van der Waals surface area (Å²) in [5, 5.41) is 18.1. The molecule has 0 radical (unpaired) electrons. The van der Waals surface area contributed by atoms with Gasteiger partial charge in [0.1, 0.15) is 5.60 Å². The quantitative estimate of drug-likeness (QED) is 0.807. The molecule has 1 saturated heterocycles. The summed E-state index contributed by atoms with van der Waals surface area (Å²) >= 11 is 3.45. The van der Waals surface area contributed by atoms with Crippen molar-refractivity contribution < 1.29 is 5.11 Å². The van der Waals surface area contributed by atoms with Gasteiger partial charge in [-0.1, -0.05) is 0 Å². The van der Waals surface area contributed by atoms with Gasteiger partial charge in [0.2, 0.25) is 0 Å². The number of hydrogen-bond acceptors (Lipinski definition) is 3. The Bertz CT molecular complexity index is 323. The zero-order valence-corrected chi connectivity index (χ0v) is 10.4. The van der Waals surface area contributed by atoms with Crippen LogP contribution in [0.25, 0.3) is 0 Å². The maximum Gasteiger partial charge on any atom is 0.109 e. The Morgan fingerprint density at radius 2 is 2.33 bits per heavy atom. The minimum atomic E-state index is -0.742. The Morgan fingerprint density at radius 3 is 3.00 bits per heavy atom. The number of aromatic nitrogens is 2. The molecule has 1 aliphatic rings. The second kappa shape index (κ2) is 4.23. The molecule has 0 aliphatic carbocycles. The van der Waals surface area contributed by atoms with E-state index in [0.29, 0.717) is 0 Å². The second-order valence-corrected chi connectivity index (χ2v) is 4.95. The van der Waals surface area contributed by atoms with E-state index in [9.17, 15) is 5.11 Å². The molecule has 1 aromatic rings. The average Bonchev–Trinajstić information content (AvgIpc) is 2.40. The average molecular weight is 274 g/mol. The molecule has 5 heteroatoms. The molecule has 15 heavy (non-hydrogen) atoms. The van der Waals surface area contributed by atoms with E-state index in [2.05, 4.69) is 26.3 Å². The fourth-order valence-electron chi connectivity index (χ4n) is 2.22. The standard InChI is InChI=1S/C10H16BrN3O/c1-14-9(8(11)7-13-14)10(15)3-2-5-12-6-4-10/h7,12,15H,2-6H2,1H3. The van der Waals surface area contributed by atoms with Crippen LogP contribution in [0.2, 0.25) is 0 Å². The number of aryl methyl sites for hydroxylation is 1. The lowest BCUT2D eigenvalue weighted by Gasteiger charge is -2.27. The van der Waals surface area contributed by atoms with Gasteiger partial charge in [-0.15, -0.1) is 0 Å². The highest BCUT2D eigenvalue weighted by Gasteiger charge is 2.34. The van der Waals surface area contributed by atoms with Gasteiger partial charge in [0.25, 0.3) is 0 Å². The Morgan fingerprint density at radius 1 is 1.53 bits per heavy atom. The summed E-state index contributed by atoms with van der Waals surface area (Å²) in [6, 6.07) is 0. The normalized spacial score (nSPS) is 27.7. The van der Waals surface area contributed by atoms with Crippen molar-refractivity contribution in [3.05, 3.63) is 16.4 Å². The van der Waals surface area contributed by atoms with E-state index in [1.165, 1.54) is 0 Å². The van der Waals surface area contributed by atoms with Crippen LogP contribution in [-0.4, -0.2) is 28.0 Å². The van der Waals surface area contributed by atoms with Crippen LogP contribution in [0.5, 0.6) is 0 Å². The Labute approximate surface area is 97.8 Å². The molecule has 2 rings (SSSR count). The first-order chi connectivity index (χ1) is 7.13. The van der Waals surface area contributed by atoms with E-state index in [4.69, 9.17) is 0 Å². The number of aliphatic hydroxyl groups is 1. The Hall–Kier alpha value is -0.390. The first-order valence-electron chi connectivity index (χ1n) is 5.24.